The molecule has 0 aromatic heterocycles. The molecule has 150 valence electrons. The van der Waals surface area contributed by atoms with Crippen LogP contribution in [0.2, 0.25) is 16.6 Å². The minimum atomic E-state index is -1.96. The molecule has 0 radical (unpaired) electrons. The number of hydrogen-bond acceptors (Lipinski definition) is 4. The lowest BCUT2D eigenvalue weighted by atomic mass is 9.84. The van der Waals surface area contributed by atoms with Gasteiger partial charge in [0.05, 0.1) is 12.2 Å². The average Bonchev–Trinajstić information content (AvgIpc) is 3.07. The number of aliphatic hydroxyl groups is 1. The van der Waals surface area contributed by atoms with Gasteiger partial charge >= 0.3 is 0 Å². The lowest BCUT2D eigenvalue weighted by Gasteiger charge is -2.45. The van der Waals surface area contributed by atoms with E-state index in [1.807, 2.05) is 24.3 Å². The minimum absolute atomic E-state index is 0.00712. The monoisotopic (exact) mass is 390 g/mol. The van der Waals surface area contributed by atoms with E-state index >= 15 is 0 Å². The van der Waals surface area contributed by atoms with Crippen molar-refractivity contribution in [1.29, 1.82) is 0 Å². The van der Waals surface area contributed by atoms with Crippen molar-refractivity contribution in [3.63, 3.8) is 0 Å². The van der Waals surface area contributed by atoms with Gasteiger partial charge in [-0.3, -0.25) is 0 Å². The molecule has 5 heteroatoms. The maximum absolute atomic E-state index is 10.6. The molecule has 3 rings (SSSR count). The van der Waals surface area contributed by atoms with Crippen molar-refractivity contribution in [2.45, 2.75) is 82.7 Å². The molecule has 0 fully saturated rings. The van der Waals surface area contributed by atoms with Crippen LogP contribution in [0.4, 0.5) is 0 Å². The number of aliphatic hydroxyl groups excluding tert-OH is 1. The van der Waals surface area contributed by atoms with Crippen LogP contribution in [0.15, 0.2) is 30.4 Å². The molecule has 4 nitrogen and oxygen atoms in total. The highest BCUT2D eigenvalue weighted by Gasteiger charge is 2.47. The Balaban J connectivity index is 1.83. The molecule has 3 atom stereocenters. The second-order valence-electron chi connectivity index (χ2n) is 8.80. The normalized spacial score (nSPS) is 25.0. The first-order valence-corrected chi connectivity index (χ1v) is 12.3. The first-order valence-electron chi connectivity index (χ1n) is 10.2. The zero-order chi connectivity index (χ0) is 19.8. The van der Waals surface area contributed by atoms with Gasteiger partial charge < -0.3 is 19.0 Å². The minimum Gasteiger partial charge on any atom is -0.454 e. The van der Waals surface area contributed by atoms with E-state index in [9.17, 15) is 5.11 Å². The van der Waals surface area contributed by atoms with E-state index in [0.29, 0.717) is 16.6 Å². The van der Waals surface area contributed by atoms with Crippen molar-refractivity contribution in [1.82, 2.24) is 0 Å². The fraction of sp³-hybridized carbons (Fsp3) is 0.636. The van der Waals surface area contributed by atoms with E-state index in [4.69, 9.17) is 13.9 Å². The number of hydrogen-bond donors (Lipinski definition) is 1. The summed E-state index contributed by atoms with van der Waals surface area (Å²) in [6, 6.07) is 5.98. The number of fused-ring (bicyclic) bond motifs is 1. The molecule has 0 saturated heterocycles. The molecule has 0 saturated carbocycles. The third-order valence-corrected chi connectivity index (χ3v) is 12.4. The van der Waals surface area contributed by atoms with E-state index in [0.717, 1.165) is 23.5 Å². The Kier molecular flexibility index (Phi) is 6.04. The highest BCUT2D eigenvalue weighted by Crippen LogP contribution is 2.45. The van der Waals surface area contributed by atoms with Crippen LogP contribution in [0.5, 0.6) is 11.5 Å². The number of ether oxygens (including phenoxy) is 2. The van der Waals surface area contributed by atoms with E-state index in [-0.39, 0.29) is 18.8 Å². The molecule has 1 aromatic carbocycles. The molecule has 0 spiro atoms. The molecule has 0 unspecified atom stereocenters. The van der Waals surface area contributed by atoms with Gasteiger partial charge in [0.15, 0.2) is 11.5 Å². The summed E-state index contributed by atoms with van der Waals surface area (Å²) < 4.78 is 17.9. The standard InChI is InChI=1S/C22H34O4Si/c1-14(2)27(15(3)4,16(5)6)26-18-8-9-20(23)19(12-18)17-7-10-21-22(11-17)25-13-24-21/h7-11,14-16,18-20,23H,12-13H2,1-6H3/t18-,19-,20+/m1/s1. The molecule has 1 aliphatic heterocycles. The fourth-order valence-electron chi connectivity index (χ4n) is 5.08. The summed E-state index contributed by atoms with van der Waals surface area (Å²) in [5.41, 5.74) is 2.71. The van der Waals surface area contributed by atoms with Crippen LogP contribution >= 0.6 is 0 Å². The molecule has 0 amide bonds. The summed E-state index contributed by atoms with van der Waals surface area (Å²) in [7, 11) is -1.96. The van der Waals surface area contributed by atoms with Crippen molar-refractivity contribution >= 4 is 8.32 Å². The van der Waals surface area contributed by atoms with Gasteiger partial charge in [-0.25, -0.2) is 0 Å². The largest absolute Gasteiger partial charge is 0.454 e. The van der Waals surface area contributed by atoms with Gasteiger partial charge in [0.25, 0.3) is 0 Å². The summed E-state index contributed by atoms with van der Waals surface area (Å²) in [5.74, 6) is 1.55. The first kappa shape index (κ1) is 20.4. The van der Waals surface area contributed by atoms with Gasteiger partial charge in [0.2, 0.25) is 15.1 Å². The smallest absolute Gasteiger partial charge is 0.231 e. The third kappa shape index (κ3) is 3.82. The predicted molar refractivity (Wildman–Crippen MR) is 111 cm³/mol. The predicted octanol–water partition coefficient (Wildman–Crippen LogP) is 5.38. The molecule has 1 aromatic rings. The quantitative estimate of drug-likeness (QED) is 0.523. The average molecular weight is 391 g/mol. The van der Waals surface area contributed by atoms with Crippen LogP contribution in [-0.2, 0) is 4.43 Å². The Morgan fingerprint density at radius 3 is 2.22 bits per heavy atom. The zero-order valence-corrected chi connectivity index (χ0v) is 18.4. The Labute approximate surface area is 164 Å². The van der Waals surface area contributed by atoms with E-state index in [1.54, 1.807) is 0 Å². The SMILES string of the molecule is CC(C)[Si](O[C@@H]1C=C[C@H](O)[C@@H](c2ccc3c(c2)OCO3)C1)(C(C)C)C(C)C. The molecule has 0 bridgehead atoms. The van der Waals surface area contributed by atoms with Gasteiger partial charge in [0.1, 0.15) is 0 Å². The summed E-state index contributed by atoms with van der Waals surface area (Å²) in [4.78, 5) is 0. The van der Waals surface area contributed by atoms with Crippen LogP contribution in [0, 0.1) is 0 Å². The molecule has 1 heterocycles. The highest BCUT2D eigenvalue weighted by molar-refractivity contribution is 6.77. The molecule has 1 N–H and O–H groups in total. The maximum atomic E-state index is 10.6. The summed E-state index contributed by atoms with van der Waals surface area (Å²) in [6.45, 7) is 14.1. The second-order valence-corrected chi connectivity index (χ2v) is 14.2. The van der Waals surface area contributed by atoms with Gasteiger partial charge in [-0.2, -0.15) is 0 Å². The topological polar surface area (TPSA) is 47.9 Å². The van der Waals surface area contributed by atoms with Gasteiger partial charge in [-0.05, 0) is 40.7 Å². The molecule has 1 aliphatic carbocycles. The lowest BCUT2D eigenvalue weighted by molar-refractivity contribution is 0.125. The van der Waals surface area contributed by atoms with Crippen LogP contribution < -0.4 is 9.47 Å². The highest BCUT2D eigenvalue weighted by atomic mass is 28.4. The first-order chi connectivity index (χ1) is 12.8. The Morgan fingerprint density at radius 1 is 0.963 bits per heavy atom. The van der Waals surface area contributed by atoms with Crippen molar-refractivity contribution in [2.75, 3.05) is 6.79 Å². The van der Waals surface area contributed by atoms with Crippen molar-refractivity contribution in [3.05, 3.63) is 35.9 Å². The Morgan fingerprint density at radius 2 is 1.59 bits per heavy atom. The summed E-state index contributed by atoms with van der Waals surface area (Å²) in [6.07, 6.45) is 4.31. The van der Waals surface area contributed by atoms with Crippen molar-refractivity contribution < 1.29 is 19.0 Å². The molecular formula is C22H34O4Si. The van der Waals surface area contributed by atoms with Gasteiger partial charge in [-0.1, -0.05) is 59.8 Å². The number of rotatable bonds is 6. The van der Waals surface area contributed by atoms with Gasteiger partial charge in [-0.15, -0.1) is 0 Å². The molecular weight excluding hydrogens is 356 g/mol. The zero-order valence-electron chi connectivity index (χ0n) is 17.4. The lowest BCUT2D eigenvalue weighted by Crippen LogP contribution is -2.50. The van der Waals surface area contributed by atoms with Crippen molar-refractivity contribution in [3.8, 4) is 11.5 Å². The van der Waals surface area contributed by atoms with E-state index < -0.39 is 14.4 Å². The van der Waals surface area contributed by atoms with Crippen LogP contribution in [0.3, 0.4) is 0 Å². The van der Waals surface area contributed by atoms with E-state index in [2.05, 4.69) is 47.6 Å². The maximum Gasteiger partial charge on any atom is 0.231 e. The fourth-order valence-corrected chi connectivity index (χ4v) is 10.6. The number of benzene rings is 1. The summed E-state index contributed by atoms with van der Waals surface area (Å²) in [5, 5.41) is 10.6. The Bertz CT molecular complexity index is 661. The molecule has 27 heavy (non-hydrogen) atoms. The van der Waals surface area contributed by atoms with Gasteiger partial charge in [0, 0.05) is 5.92 Å². The van der Waals surface area contributed by atoms with Crippen molar-refractivity contribution in [2.24, 2.45) is 0 Å². The van der Waals surface area contributed by atoms with E-state index in [1.165, 1.54) is 0 Å². The molecule has 2 aliphatic rings. The van der Waals surface area contributed by atoms with Crippen LogP contribution in [0.1, 0.15) is 59.4 Å². The van der Waals surface area contributed by atoms with Crippen LogP contribution in [-0.4, -0.2) is 32.4 Å². The third-order valence-electron chi connectivity index (χ3n) is 6.31. The Hall–Kier alpha value is -1.30. The summed E-state index contributed by atoms with van der Waals surface area (Å²) >= 11 is 0. The second kappa shape index (κ2) is 7.98. The van der Waals surface area contributed by atoms with Crippen LogP contribution in [0.25, 0.3) is 0 Å².